The third-order valence-electron chi connectivity index (χ3n) is 5.66. The van der Waals surface area contributed by atoms with Crippen molar-refractivity contribution in [3.63, 3.8) is 0 Å². The number of hydrazine groups is 1. The molecule has 2 aliphatic heterocycles. The van der Waals surface area contributed by atoms with Crippen LogP contribution in [0.2, 0.25) is 0 Å². The van der Waals surface area contributed by atoms with E-state index in [9.17, 15) is 0 Å². The minimum absolute atomic E-state index is 0.184. The minimum Gasteiger partial charge on any atom is -0.471 e. The molecule has 1 fully saturated rings. The van der Waals surface area contributed by atoms with Gasteiger partial charge in [0.1, 0.15) is 5.75 Å². The average molecular weight is 322 g/mol. The van der Waals surface area contributed by atoms with Crippen LogP contribution < -0.4 is 10.2 Å². The molecule has 1 N–H and O–H groups in total. The van der Waals surface area contributed by atoms with Gasteiger partial charge in [-0.3, -0.25) is 0 Å². The van der Waals surface area contributed by atoms with Crippen LogP contribution in [0.3, 0.4) is 0 Å². The number of rotatable bonds is 1. The molecule has 2 aromatic rings. The Morgan fingerprint density at radius 2 is 1.96 bits per heavy atom. The quantitative estimate of drug-likeness (QED) is 0.840. The van der Waals surface area contributed by atoms with Crippen LogP contribution in [0, 0.1) is 5.92 Å². The van der Waals surface area contributed by atoms with Gasteiger partial charge in [-0.25, -0.2) is 0 Å². The van der Waals surface area contributed by atoms with Crippen molar-refractivity contribution in [3.8, 4) is 5.75 Å². The van der Waals surface area contributed by atoms with E-state index >= 15 is 0 Å². The number of para-hydroxylation sites is 1. The molecule has 1 aromatic carbocycles. The number of ether oxygens (including phenoxy) is 1. The molecule has 1 aliphatic carbocycles. The molecule has 24 heavy (non-hydrogen) atoms. The molecule has 3 aliphatic rings. The fraction of sp³-hybridized carbons (Fsp3) is 0.400. The molecule has 1 atom stereocenters. The van der Waals surface area contributed by atoms with Crippen LogP contribution >= 0.6 is 0 Å². The van der Waals surface area contributed by atoms with E-state index in [1.807, 2.05) is 12.1 Å². The van der Waals surface area contributed by atoms with E-state index in [4.69, 9.17) is 9.15 Å². The Morgan fingerprint density at radius 3 is 2.75 bits per heavy atom. The highest BCUT2D eigenvalue weighted by Gasteiger charge is 2.51. The molecule has 1 aromatic heterocycles. The van der Waals surface area contributed by atoms with E-state index in [1.165, 1.54) is 18.4 Å². The second-order valence-corrected chi connectivity index (χ2v) is 7.25. The Morgan fingerprint density at radius 1 is 1.12 bits per heavy atom. The predicted molar refractivity (Wildman–Crippen MR) is 91.8 cm³/mol. The molecule has 0 amide bonds. The summed E-state index contributed by atoms with van der Waals surface area (Å²) in [6.07, 6.45) is 8.47. The first-order chi connectivity index (χ1) is 11.8. The standard InChI is InChI=1S/C20H22N2O2/c1-14-8-10-20(11-9-14)22-17(15-5-2-3-6-18(15)24-20)13-16(21-22)19-7-4-12-23-19/h2-7,12-14,17,21H,8-11H2,1H3. The van der Waals surface area contributed by atoms with Crippen LogP contribution in [0.4, 0.5) is 0 Å². The maximum Gasteiger partial charge on any atom is 0.180 e. The van der Waals surface area contributed by atoms with Gasteiger partial charge in [-0.1, -0.05) is 25.1 Å². The fourth-order valence-electron chi connectivity index (χ4n) is 4.25. The zero-order valence-corrected chi connectivity index (χ0v) is 13.9. The molecule has 0 bridgehead atoms. The number of hydrogen-bond acceptors (Lipinski definition) is 4. The van der Waals surface area contributed by atoms with Crippen molar-refractivity contribution in [1.82, 2.24) is 10.4 Å². The third-order valence-corrected chi connectivity index (χ3v) is 5.66. The second kappa shape index (κ2) is 5.15. The number of fused-ring (bicyclic) bond motifs is 4. The summed E-state index contributed by atoms with van der Waals surface area (Å²) in [7, 11) is 0. The minimum atomic E-state index is -0.267. The lowest BCUT2D eigenvalue weighted by atomic mass is 9.82. The monoisotopic (exact) mass is 322 g/mol. The highest BCUT2D eigenvalue weighted by molar-refractivity contribution is 5.64. The molecule has 0 radical (unpaired) electrons. The highest BCUT2D eigenvalue weighted by atomic mass is 16.5. The predicted octanol–water partition coefficient (Wildman–Crippen LogP) is 4.48. The smallest absolute Gasteiger partial charge is 0.180 e. The third kappa shape index (κ3) is 2.02. The molecule has 3 heterocycles. The Balaban J connectivity index is 1.58. The summed E-state index contributed by atoms with van der Waals surface area (Å²) < 4.78 is 12.2. The topological polar surface area (TPSA) is 37.6 Å². The van der Waals surface area contributed by atoms with Crippen LogP contribution in [-0.4, -0.2) is 10.7 Å². The molecule has 1 spiro atoms. The van der Waals surface area contributed by atoms with Crippen molar-refractivity contribution in [3.05, 3.63) is 60.1 Å². The summed E-state index contributed by atoms with van der Waals surface area (Å²) in [5, 5.41) is 2.32. The molecule has 4 nitrogen and oxygen atoms in total. The summed E-state index contributed by atoms with van der Waals surface area (Å²) in [6.45, 7) is 2.34. The first kappa shape index (κ1) is 14.2. The summed E-state index contributed by atoms with van der Waals surface area (Å²) in [6, 6.07) is 12.5. The van der Waals surface area contributed by atoms with E-state index in [-0.39, 0.29) is 11.8 Å². The molecule has 1 saturated carbocycles. The van der Waals surface area contributed by atoms with Crippen LogP contribution in [0.5, 0.6) is 5.75 Å². The molecule has 4 heteroatoms. The number of nitrogens with zero attached hydrogens (tertiary/aromatic N) is 1. The van der Waals surface area contributed by atoms with Gasteiger partial charge in [-0.2, -0.15) is 5.01 Å². The summed E-state index contributed by atoms with van der Waals surface area (Å²) >= 11 is 0. The molecular formula is C20H22N2O2. The lowest BCUT2D eigenvalue weighted by Gasteiger charge is -2.51. The first-order valence-electron chi connectivity index (χ1n) is 8.85. The summed E-state index contributed by atoms with van der Waals surface area (Å²) in [5.74, 6) is 2.67. The average Bonchev–Trinajstić information content (AvgIpc) is 3.27. The molecular weight excluding hydrogens is 300 g/mol. The van der Waals surface area contributed by atoms with Crippen molar-refractivity contribution in [2.75, 3.05) is 0 Å². The number of furan rings is 1. The van der Waals surface area contributed by atoms with Crippen molar-refractivity contribution < 1.29 is 9.15 Å². The van der Waals surface area contributed by atoms with Crippen LogP contribution in [0.1, 0.15) is 50.0 Å². The van der Waals surface area contributed by atoms with Gasteiger partial charge in [0, 0.05) is 18.4 Å². The molecule has 5 rings (SSSR count). The Kier molecular flexibility index (Phi) is 3.04. The molecule has 124 valence electrons. The van der Waals surface area contributed by atoms with Crippen LogP contribution in [0.25, 0.3) is 5.70 Å². The summed E-state index contributed by atoms with van der Waals surface area (Å²) in [5.41, 5.74) is 5.57. The van der Waals surface area contributed by atoms with Crippen molar-refractivity contribution >= 4 is 5.70 Å². The number of hydrogen-bond donors (Lipinski definition) is 1. The van der Waals surface area contributed by atoms with Crippen LogP contribution in [-0.2, 0) is 0 Å². The van der Waals surface area contributed by atoms with Gasteiger partial charge < -0.3 is 14.6 Å². The second-order valence-electron chi connectivity index (χ2n) is 7.25. The van der Waals surface area contributed by atoms with E-state index < -0.39 is 0 Å². The van der Waals surface area contributed by atoms with Crippen molar-refractivity contribution in [2.45, 2.75) is 44.4 Å². The SMILES string of the molecule is CC1CCC2(CC1)Oc1ccccc1C1C=C(c3ccco3)NN12. The van der Waals surface area contributed by atoms with Gasteiger partial charge in [-0.05, 0) is 43.0 Å². The lowest BCUT2D eigenvalue weighted by Crippen LogP contribution is -2.60. The zero-order chi connectivity index (χ0) is 16.1. The van der Waals surface area contributed by atoms with Crippen molar-refractivity contribution in [1.29, 1.82) is 0 Å². The maximum atomic E-state index is 6.59. The first-order valence-corrected chi connectivity index (χ1v) is 8.85. The van der Waals surface area contributed by atoms with E-state index in [1.54, 1.807) is 6.26 Å². The van der Waals surface area contributed by atoms with Gasteiger partial charge in [-0.15, -0.1) is 0 Å². The van der Waals surface area contributed by atoms with Crippen molar-refractivity contribution in [2.24, 2.45) is 5.92 Å². The fourth-order valence-corrected chi connectivity index (χ4v) is 4.25. The van der Waals surface area contributed by atoms with E-state index in [0.29, 0.717) is 0 Å². The normalized spacial score (nSPS) is 31.8. The largest absolute Gasteiger partial charge is 0.471 e. The highest BCUT2D eigenvalue weighted by Crippen LogP contribution is 2.50. The van der Waals surface area contributed by atoms with Crippen LogP contribution in [0.15, 0.2) is 53.2 Å². The Hall–Kier alpha value is -2.20. The lowest BCUT2D eigenvalue weighted by molar-refractivity contribution is -0.155. The Bertz CT molecular complexity index is 773. The van der Waals surface area contributed by atoms with E-state index in [2.05, 4.69) is 47.7 Å². The molecule has 1 unspecified atom stereocenters. The molecule has 0 saturated heterocycles. The summed E-state index contributed by atoms with van der Waals surface area (Å²) in [4.78, 5) is 0. The maximum absolute atomic E-state index is 6.59. The zero-order valence-electron chi connectivity index (χ0n) is 13.9. The van der Waals surface area contributed by atoms with E-state index in [0.717, 1.165) is 36.0 Å². The number of benzene rings is 1. The van der Waals surface area contributed by atoms with Gasteiger partial charge in [0.15, 0.2) is 11.5 Å². The van der Waals surface area contributed by atoms with Gasteiger partial charge in [0.25, 0.3) is 0 Å². The van der Waals surface area contributed by atoms with Gasteiger partial charge in [0.2, 0.25) is 0 Å². The van der Waals surface area contributed by atoms with Gasteiger partial charge in [0.05, 0.1) is 18.0 Å². The Labute approximate surface area is 142 Å². The number of nitrogens with one attached hydrogen (secondary N) is 1. The van der Waals surface area contributed by atoms with Gasteiger partial charge >= 0.3 is 0 Å².